The zero-order chi connectivity index (χ0) is 18.2. The molecule has 1 amide bonds. The Kier molecular flexibility index (Phi) is 6.94. The first-order valence-corrected chi connectivity index (χ1v) is 8.99. The lowest BCUT2D eigenvalue weighted by molar-refractivity contribution is -0.137. The number of ether oxygens (including phenoxy) is 1. The minimum Gasteiger partial charge on any atom is -0.497 e. The largest absolute Gasteiger partial charge is 0.497 e. The maximum atomic E-state index is 12.6. The number of carbonyl (C=O) groups is 2. The van der Waals surface area contributed by atoms with Gasteiger partial charge >= 0.3 is 5.97 Å². The van der Waals surface area contributed by atoms with E-state index in [9.17, 15) is 9.59 Å². The molecule has 1 heterocycles. The van der Waals surface area contributed by atoms with Crippen molar-refractivity contribution in [3.63, 3.8) is 0 Å². The van der Waals surface area contributed by atoms with E-state index in [0.717, 1.165) is 22.7 Å². The predicted octanol–water partition coefficient (Wildman–Crippen LogP) is 3.07. The Morgan fingerprint density at radius 3 is 2.56 bits per heavy atom. The Labute approximate surface area is 151 Å². The molecule has 0 bridgehead atoms. The summed E-state index contributed by atoms with van der Waals surface area (Å²) >= 11 is 1.44. The van der Waals surface area contributed by atoms with Crippen LogP contribution >= 0.6 is 11.3 Å². The maximum Gasteiger partial charge on any atom is 0.305 e. The highest BCUT2D eigenvalue weighted by atomic mass is 32.1. The highest BCUT2D eigenvalue weighted by molar-refractivity contribution is 7.09. The summed E-state index contributed by atoms with van der Waals surface area (Å²) in [5.74, 6) is -0.319. The molecule has 6 nitrogen and oxygen atoms in total. The lowest BCUT2D eigenvalue weighted by Crippen LogP contribution is -2.34. The number of benzene rings is 1. The zero-order valence-electron chi connectivity index (χ0n) is 14.4. The van der Waals surface area contributed by atoms with Gasteiger partial charge in [0.25, 0.3) is 5.91 Å². The van der Waals surface area contributed by atoms with E-state index in [4.69, 9.17) is 9.84 Å². The van der Waals surface area contributed by atoms with Gasteiger partial charge in [-0.2, -0.15) is 0 Å². The monoisotopic (exact) mass is 362 g/mol. The molecule has 0 spiro atoms. The molecule has 7 heteroatoms. The third-order valence-electron chi connectivity index (χ3n) is 3.66. The van der Waals surface area contributed by atoms with E-state index in [2.05, 4.69) is 4.98 Å². The number of carbonyl (C=O) groups excluding carboxylic acids is 1. The van der Waals surface area contributed by atoms with Gasteiger partial charge in [0.1, 0.15) is 11.4 Å². The van der Waals surface area contributed by atoms with Gasteiger partial charge in [0.05, 0.1) is 18.5 Å². The molecular weight excluding hydrogens is 340 g/mol. The van der Waals surface area contributed by atoms with E-state index in [1.54, 1.807) is 17.4 Å². The summed E-state index contributed by atoms with van der Waals surface area (Å²) in [6.07, 6.45) is 1.35. The van der Waals surface area contributed by atoms with Crippen molar-refractivity contribution in [3.8, 4) is 5.75 Å². The quantitative estimate of drug-likeness (QED) is 0.741. The van der Waals surface area contributed by atoms with Crippen LogP contribution < -0.4 is 4.74 Å². The number of aliphatic carboxylic acids is 1. The van der Waals surface area contributed by atoms with Crippen LogP contribution in [0, 0.1) is 0 Å². The van der Waals surface area contributed by atoms with Gasteiger partial charge in [-0.25, -0.2) is 4.98 Å². The van der Waals surface area contributed by atoms with Crippen molar-refractivity contribution >= 4 is 23.2 Å². The van der Waals surface area contributed by atoms with Crippen LogP contribution in [0.2, 0.25) is 0 Å². The van der Waals surface area contributed by atoms with Gasteiger partial charge in [0.2, 0.25) is 0 Å². The molecule has 1 aromatic heterocycles. The van der Waals surface area contributed by atoms with Crippen molar-refractivity contribution in [1.82, 2.24) is 9.88 Å². The van der Waals surface area contributed by atoms with Gasteiger partial charge in [-0.3, -0.25) is 9.59 Å². The highest BCUT2D eigenvalue weighted by Gasteiger charge is 2.19. The molecule has 25 heavy (non-hydrogen) atoms. The first-order chi connectivity index (χ1) is 12.0. The predicted molar refractivity (Wildman–Crippen MR) is 96.4 cm³/mol. The van der Waals surface area contributed by atoms with Crippen LogP contribution in [-0.2, 0) is 11.2 Å². The number of aromatic nitrogens is 1. The third kappa shape index (κ3) is 5.56. The second-order valence-electron chi connectivity index (χ2n) is 5.59. The summed E-state index contributed by atoms with van der Waals surface area (Å²) in [7, 11) is 1.63. The molecule has 0 aliphatic carbocycles. The summed E-state index contributed by atoms with van der Waals surface area (Å²) in [5.41, 5.74) is 1.47. The number of thiazole rings is 1. The number of methoxy groups -OCH3 is 1. The van der Waals surface area contributed by atoms with Crippen LogP contribution in [0.4, 0.5) is 0 Å². The Morgan fingerprint density at radius 1 is 1.24 bits per heavy atom. The van der Waals surface area contributed by atoms with Gasteiger partial charge in [0, 0.05) is 24.9 Å². The fraction of sp³-hybridized carbons (Fsp3) is 0.389. The molecule has 2 aromatic rings. The normalized spacial score (nSPS) is 10.5. The molecule has 1 N–H and O–H groups in total. The number of carboxylic acids is 1. The number of amides is 1. The second kappa shape index (κ2) is 9.17. The molecule has 0 aliphatic heterocycles. The number of hydrogen-bond donors (Lipinski definition) is 1. The fourth-order valence-corrected chi connectivity index (χ4v) is 3.19. The average molecular weight is 362 g/mol. The summed E-state index contributed by atoms with van der Waals surface area (Å²) in [5, 5.41) is 11.4. The standard InChI is InChI=1S/C18H22N2O4S/c1-3-9-20(10-8-17(21)22)18(23)15-12-25-16(19-15)11-13-4-6-14(24-2)7-5-13/h4-7,12H,3,8-11H2,1-2H3,(H,21,22). The Morgan fingerprint density at radius 2 is 1.96 bits per heavy atom. The van der Waals surface area contributed by atoms with Gasteiger partial charge in [-0.15, -0.1) is 11.3 Å². The van der Waals surface area contributed by atoms with Crippen molar-refractivity contribution in [2.45, 2.75) is 26.2 Å². The molecule has 0 unspecified atom stereocenters. The SMILES string of the molecule is CCCN(CCC(=O)O)C(=O)c1csc(Cc2ccc(OC)cc2)n1. The minimum absolute atomic E-state index is 0.0609. The van der Waals surface area contributed by atoms with Crippen LogP contribution in [0.3, 0.4) is 0 Å². The van der Waals surface area contributed by atoms with E-state index in [-0.39, 0.29) is 18.9 Å². The first kappa shape index (κ1) is 18.9. The smallest absolute Gasteiger partial charge is 0.305 e. The first-order valence-electron chi connectivity index (χ1n) is 8.12. The van der Waals surface area contributed by atoms with Crippen molar-refractivity contribution in [1.29, 1.82) is 0 Å². The van der Waals surface area contributed by atoms with Gasteiger partial charge < -0.3 is 14.7 Å². The van der Waals surface area contributed by atoms with Crippen molar-refractivity contribution in [3.05, 3.63) is 45.9 Å². The van der Waals surface area contributed by atoms with E-state index >= 15 is 0 Å². The van der Waals surface area contributed by atoms with E-state index in [1.165, 1.54) is 11.3 Å². The summed E-state index contributed by atoms with van der Waals surface area (Å²) in [4.78, 5) is 29.3. The number of hydrogen-bond acceptors (Lipinski definition) is 5. The number of nitrogens with zero attached hydrogens (tertiary/aromatic N) is 2. The summed E-state index contributed by atoms with van der Waals surface area (Å²) in [6.45, 7) is 2.68. The molecule has 2 rings (SSSR count). The lowest BCUT2D eigenvalue weighted by atomic mass is 10.1. The van der Waals surface area contributed by atoms with E-state index in [1.807, 2.05) is 31.2 Å². The highest BCUT2D eigenvalue weighted by Crippen LogP contribution is 2.18. The van der Waals surface area contributed by atoms with Crippen LogP contribution in [0.25, 0.3) is 0 Å². The fourth-order valence-electron chi connectivity index (χ4n) is 2.39. The Bertz CT molecular complexity index is 712. The molecule has 0 aliphatic rings. The second-order valence-corrected chi connectivity index (χ2v) is 6.53. The molecule has 0 saturated heterocycles. The van der Waals surface area contributed by atoms with Crippen molar-refractivity contribution < 1.29 is 19.4 Å². The third-order valence-corrected chi connectivity index (χ3v) is 4.51. The van der Waals surface area contributed by atoms with Crippen LogP contribution in [-0.4, -0.2) is 47.1 Å². The van der Waals surface area contributed by atoms with Crippen LogP contribution in [0.1, 0.15) is 40.8 Å². The number of carboxylic acid groups (broad SMARTS) is 1. The number of rotatable bonds is 9. The van der Waals surface area contributed by atoms with Crippen molar-refractivity contribution in [2.24, 2.45) is 0 Å². The molecule has 0 fully saturated rings. The van der Waals surface area contributed by atoms with Crippen molar-refractivity contribution in [2.75, 3.05) is 20.2 Å². The zero-order valence-corrected chi connectivity index (χ0v) is 15.2. The van der Waals surface area contributed by atoms with Crippen LogP contribution in [0.5, 0.6) is 5.75 Å². The van der Waals surface area contributed by atoms with E-state index in [0.29, 0.717) is 18.7 Å². The average Bonchev–Trinajstić information content (AvgIpc) is 3.07. The molecule has 0 radical (unpaired) electrons. The Hall–Kier alpha value is -2.41. The lowest BCUT2D eigenvalue weighted by Gasteiger charge is -2.20. The molecular formula is C18H22N2O4S. The maximum absolute atomic E-state index is 12.6. The molecule has 0 saturated carbocycles. The van der Waals surface area contributed by atoms with Gasteiger partial charge in [-0.1, -0.05) is 19.1 Å². The van der Waals surface area contributed by atoms with Gasteiger partial charge in [0.15, 0.2) is 0 Å². The van der Waals surface area contributed by atoms with Crippen LogP contribution in [0.15, 0.2) is 29.6 Å². The minimum atomic E-state index is -0.910. The summed E-state index contributed by atoms with van der Waals surface area (Å²) < 4.78 is 5.14. The summed E-state index contributed by atoms with van der Waals surface area (Å²) in [6, 6.07) is 7.73. The van der Waals surface area contributed by atoms with E-state index < -0.39 is 5.97 Å². The molecule has 0 atom stereocenters. The molecule has 134 valence electrons. The topological polar surface area (TPSA) is 79.7 Å². The van der Waals surface area contributed by atoms with Gasteiger partial charge in [-0.05, 0) is 24.1 Å². The molecule has 1 aromatic carbocycles. The Balaban J connectivity index is 2.04.